The monoisotopic (exact) mass is 311 g/mol. The van der Waals surface area contributed by atoms with Crippen LogP contribution in [0.15, 0.2) is 23.1 Å². The van der Waals surface area contributed by atoms with Gasteiger partial charge in [-0.15, -0.1) is 0 Å². The van der Waals surface area contributed by atoms with Crippen LogP contribution in [0.3, 0.4) is 0 Å². The first-order valence-electron chi connectivity index (χ1n) is 6.12. The molecule has 1 aromatic rings. The summed E-state index contributed by atoms with van der Waals surface area (Å²) < 4.78 is 31.5. The SMILES string of the molecule is COC(=O)C(NS(=O)(=O)c1ccc(N)cc1C#N)C(C)C. The summed E-state index contributed by atoms with van der Waals surface area (Å²) in [4.78, 5) is 11.4. The van der Waals surface area contributed by atoms with E-state index in [9.17, 15) is 13.2 Å². The zero-order valence-electron chi connectivity index (χ0n) is 12.0. The van der Waals surface area contributed by atoms with Gasteiger partial charge in [-0.25, -0.2) is 8.42 Å². The predicted octanol–water partition coefficient (Wildman–Crippen LogP) is 0.616. The van der Waals surface area contributed by atoms with Gasteiger partial charge in [0, 0.05) is 5.69 Å². The Morgan fingerprint density at radius 3 is 2.52 bits per heavy atom. The molecule has 0 bridgehead atoms. The van der Waals surface area contributed by atoms with Crippen LogP contribution in [-0.2, 0) is 19.6 Å². The van der Waals surface area contributed by atoms with Gasteiger partial charge in [0.1, 0.15) is 12.1 Å². The Hall–Kier alpha value is -2.11. The third-order valence-electron chi connectivity index (χ3n) is 2.82. The van der Waals surface area contributed by atoms with Crippen LogP contribution in [0.2, 0.25) is 0 Å². The summed E-state index contributed by atoms with van der Waals surface area (Å²) in [6, 6.07) is 4.60. The van der Waals surface area contributed by atoms with Crippen molar-refractivity contribution in [1.82, 2.24) is 4.72 Å². The van der Waals surface area contributed by atoms with Crippen molar-refractivity contribution in [3.63, 3.8) is 0 Å². The molecular formula is C13H17N3O4S. The van der Waals surface area contributed by atoms with Crippen molar-refractivity contribution in [3.05, 3.63) is 23.8 Å². The second kappa shape index (κ2) is 6.56. The molecular weight excluding hydrogens is 294 g/mol. The van der Waals surface area contributed by atoms with E-state index < -0.39 is 22.0 Å². The van der Waals surface area contributed by atoms with Crippen molar-refractivity contribution >= 4 is 21.7 Å². The largest absolute Gasteiger partial charge is 0.468 e. The van der Waals surface area contributed by atoms with Crippen LogP contribution in [0.5, 0.6) is 0 Å². The molecule has 0 saturated heterocycles. The van der Waals surface area contributed by atoms with Crippen molar-refractivity contribution in [1.29, 1.82) is 5.26 Å². The Labute approximate surface area is 123 Å². The van der Waals surface area contributed by atoms with E-state index in [1.807, 2.05) is 0 Å². The number of rotatable bonds is 5. The van der Waals surface area contributed by atoms with Gasteiger partial charge >= 0.3 is 5.97 Å². The van der Waals surface area contributed by atoms with Crippen LogP contribution in [-0.4, -0.2) is 27.5 Å². The first-order chi connectivity index (χ1) is 9.72. The number of nitrogens with one attached hydrogen (secondary N) is 1. The van der Waals surface area contributed by atoms with Gasteiger partial charge in [-0.1, -0.05) is 13.8 Å². The molecule has 114 valence electrons. The Kier molecular flexibility index (Phi) is 5.29. The van der Waals surface area contributed by atoms with Gasteiger partial charge in [-0.05, 0) is 24.1 Å². The van der Waals surface area contributed by atoms with E-state index >= 15 is 0 Å². The molecule has 0 radical (unpaired) electrons. The van der Waals surface area contributed by atoms with E-state index in [-0.39, 0.29) is 22.1 Å². The maximum atomic E-state index is 12.3. The number of ether oxygens (including phenoxy) is 1. The number of methoxy groups -OCH3 is 1. The number of nitrogens with zero attached hydrogens (tertiary/aromatic N) is 1. The van der Waals surface area contributed by atoms with Crippen molar-refractivity contribution < 1.29 is 17.9 Å². The molecule has 3 N–H and O–H groups in total. The quantitative estimate of drug-likeness (QED) is 0.607. The van der Waals surface area contributed by atoms with Crippen LogP contribution in [0.25, 0.3) is 0 Å². The topological polar surface area (TPSA) is 122 Å². The highest BCUT2D eigenvalue weighted by molar-refractivity contribution is 7.89. The second-order valence-corrected chi connectivity index (χ2v) is 6.42. The minimum absolute atomic E-state index is 0.0881. The van der Waals surface area contributed by atoms with E-state index in [1.54, 1.807) is 19.9 Å². The fourth-order valence-electron chi connectivity index (χ4n) is 1.68. The second-order valence-electron chi connectivity index (χ2n) is 4.73. The zero-order valence-corrected chi connectivity index (χ0v) is 12.8. The highest BCUT2D eigenvalue weighted by atomic mass is 32.2. The van der Waals surface area contributed by atoms with Gasteiger partial charge < -0.3 is 10.5 Å². The minimum Gasteiger partial charge on any atom is -0.468 e. The van der Waals surface area contributed by atoms with Crippen LogP contribution in [0.4, 0.5) is 5.69 Å². The van der Waals surface area contributed by atoms with E-state index in [0.29, 0.717) is 0 Å². The number of sulfonamides is 1. The molecule has 0 heterocycles. The minimum atomic E-state index is -4.05. The number of anilines is 1. The summed E-state index contributed by atoms with van der Waals surface area (Å²) in [6.07, 6.45) is 0. The lowest BCUT2D eigenvalue weighted by Gasteiger charge is -2.20. The smallest absolute Gasteiger partial charge is 0.324 e. The lowest BCUT2D eigenvalue weighted by molar-refractivity contribution is -0.143. The fourth-order valence-corrected chi connectivity index (χ4v) is 3.15. The lowest BCUT2D eigenvalue weighted by Crippen LogP contribution is -2.45. The van der Waals surface area contributed by atoms with Crippen LogP contribution in [0.1, 0.15) is 19.4 Å². The average molecular weight is 311 g/mol. The van der Waals surface area contributed by atoms with E-state index in [1.165, 1.54) is 25.3 Å². The standard InChI is InChI=1S/C13H17N3O4S/c1-8(2)12(13(17)20-3)16-21(18,19)11-5-4-10(15)6-9(11)7-14/h4-6,8,12,16H,15H2,1-3H3. The maximum Gasteiger partial charge on any atom is 0.324 e. The van der Waals surface area contributed by atoms with E-state index in [0.717, 1.165) is 0 Å². The Morgan fingerprint density at radius 2 is 2.05 bits per heavy atom. The molecule has 0 aliphatic heterocycles. The molecule has 0 aliphatic rings. The van der Waals surface area contributed by atoms with Crippen molar-refractivity contribution in [2.24, 2.45) is 5.92 Å². The van der Waals surface area contributed by atoms with Crippen molar-refractivity contribution in [3.8, 4) is 6.07 Å². The third-order valence-corrected chi connectivity index (χ3v) is 4.32. The van der Waals surface area contributed by atoms with E-state index in [4.69, 9.17) is 11.0 Å². The molecule has 21 heavy (non-hydrogen) atoms. The Balaban J connectivity index is 3.23. The number of hydrogen-bond acceptors (Lipinski definition) is 6. The molecule has 1 rings (SSSR count). The molecule has 0 fully saturated rings. The van der Waals surface area contributed by atoms with Crippen molar-refractivity contribution in [2.45, 2.75) is 24.8 Å². The van der Waals surface area contributed by atoms with Gasteiger partial charge in [-0.2, -0.15) is 9.98 Å². The van der Waals surface area contributed by atoms with Crippen LogP contribution in [0, 0.1) is 17.2 Å². The number of esters is 1. The number of nitriles is 1. The van der Waals surface area contributed by atoms with Gasteiger partial charge in [0.2, 0.25) is 10.0 Å². The van der Waals surface area contributed by atoms with Crippen molar-refractivity contribution in [2.75, 3.05) is 12.8 Å². The highest BCUT2D eigenvalue weighted by Crippen LogP contribution is 2.19. The number of carbonyl (C=O) groups is 1. The summed E-state index contributed by atoms with van der Waals surface area (Å²) in [7, 11) is -2.87. The summed E-state index contributed by atoms with van der Waals surface area (Å²) in [5.74, 6) is -1.01. The molecule has 0 saturated carbocycles. The number of nitrogens with two attached hydrogens (primary N) is 1. The van der Waals surface area contributed by atoms with E-state index in [2.05, 4.69) is 9.46 Å². The van der Waals surface area contributed by atoms with Gasteiger partial charge in [0.15, 0.2) is 0 Å². The molecule has 8 heteroatoms. The number of hydrogen-bond donors (Lipinski definition) is 2. The van der Waals surface area contributed by atoms with Crippen LogP contribution >= 0.6 is 0 Å². The van der Waals surface area contributed by atoms with Gasteiger partial charge in [0.25, 0.3) is 0 Å². The average Bonchev–Trinajstić information content (AvgIpc) is 2.43. The molecule has 0 aromatic heterocycles. The number of carbonyl (C=O) groups excluding carboxylic acids is 1. The summed E-state index contributed by atoms with van der Waals surface area (Å²) in [5, 5.41) is 9.02. The maximum absolute atomic E-state index is 12.3. The normalized spacial score (nSPS) is 12.7. The van der Waals surface area contributed by atoms with Gasteiger partial charge in [-0.3, -0.25) is 4.79 Å². The fraction of sp³-hybridized carbons (Fsp3) is 0.385. The molecule has 1 aromatic carbocycles. The number of nitrogen functional groups attached to an aromatic ring is 1. The Bertz CT molecular complexity index is 677. The third kappa shape index (κ3) is 3.93. The van der Waals surface area contributed by atoms with Crippen LogP contribution < -0.4 is 10.5 Å². The predicted molar refractivity (Wildman–Crippen MR) is 76.5 cm³/mol. The summed E-state index contributed by atoms with van der Waals surface area (Å²) in [6.45, 7) is 3.36. The zero-order chi connectivity index (χ0) is 16.2. The molecule has 1 atom stereocenters. The first-order valence-corrected chi connectivity index (χ1v) is 7.61. The highest BCUT2D eigenvalue weighted by Gasteiger charge is 2.30. The Morgan fingerprint density at radius 1 is 1.43 bits per heavy atom. The lowest BCUT2D eigenvalue weighted by atomic mass is 10.1. The molecule has 1 unspecified atom stereocenters. The summed E-state index contributed by atoms with van der Waals surface area (Å²) >= 11 is 0. The summed E-state index contributed by atoms with van der Waals surface area (Å²) in [5.41, 5.74) is 5.71. The van der Waals surface area contributed by atoms with Gasteiger partial charge in [0.05, 0.1) is 17.6 Å². The molecule has 0 amide bonds. The molecule has 0 aliphatic carbocycles. The first kappa shape index (κ1) is 16.9. The molecule has 0 spiro atoms. The molecule has 7 nitrogen and oxygen atoms in total. The number of benzene rings is 1.